The average molecular weight is 304 g/mol. The van der Waals surface area contributed by atoms with Gasteiger partial charge in [-0.2, -0.15) is 0 Å². The second kappa shape index (κ2) is 9.66. The zero-order chi connectivity index (χ0) is 16.4. The molecule has 0 aliphatic rings. The lowest BCUT2D eigenvalue weighted by molar-refractivity contribution is -0.152. The molecule has 0 amide bonds. The van der Waals surface area contributed by atoms with Gasteiger partial charge in [0.15, 0.2) is 0 Å². The Bertz CT molecular complexity index is 427. The van der Waals surface area contributed by atoms with E-state index in [1.165, 1.54) is 38.4 Å². The molecular weight excluding hydrogens is 272 g/mol. The fraction of sp³-hybridized carbons (Fsp3) is 0.650. The molecular formula is C20H32O2. The molecule has 0 N–H and O–H groups in total. The maximum atomic E-state index is 12.1. The predicted octanol–water partition coefficient (Wildman–Crippen LogP) is 5.72. The van der Waals surface area contributed by atoms with Gasteiger partial charge in [0.25, 0.3) is 0 Å². The third-order valence-corrected chi connectivity index (χ3v) is 4.93. The largest absolute Gasteiger partial charge is 0.469 e. The van der Waals surface area contributed by atoms with E-state index in [9.17, 15) is 4.79 Å². The minimum Gasteiger partial charge on any atom is -0.469 e. The monoisotopic (exact) mass is 304 g/mol. The van der Waals surface area contributed by atoms with E-state index in [2.05, 4.69) is 44.2 Å². The minimum absolute atomic E-state index is 0.0737. The van der Waals surface area contributed by atoms with Gasteiger partial charge in [-0.25, -0.2) is 0 Å². The van der Waals surface area contributed by atoms with Gasteiger partial charge in [0, 0.05) is 0 Å². The summed E-state index contributed by atoms with van der Waals surface area (Å²) < 4.78 is 5.00. The van der Waals surface area contributed by atoms with E-state index in [0.717, 1.165) is 19.3 Å². The van der Waals surface area contributed by atoms with Crippen LogP contribution in [0.5, 0.6) is 0 Å². The van der Waals surface area contributed by atoms with Crippen LogP contribution in [0.4, 0.5) is 0 Å². The Balaban J connectivity index is 2.74. The van der Waals surface area contributed by atoms with E-state index in [1.807, 2.05) is 6.92 Å². The molecule has 0 heterocycles. The van der Waals surface area contributed by atoms with Crippen LogP contribution in [-0.4, -0.2) is 13.1 Å². The molecule has 2 unspecified atom stereocenters. The van der Waals surface area contributed by atoms with Gasteiger partial charge >= 0.3 is 5.97 Å². The van der Waals surface area contributed by atoms with Crippen molar-refractivity contribution in [2.75, 3.05) is 7.11 Å². The highest BCUT2D eigenvalue weighted by atomic mass is 16.5. The topological polar surface area (TPSA) is 26.3 Å². The van der Waals surface area contributed by atoms with Crippen molar-refractivity contribution >= 4 is 5.97 Å². The number of hydrogen-bond donors (Lipinski definition) is 0. The van der Waals surface area contributed by atoms with Crippen LogP contribution < -0.4 is 0 Å². The number of carbonyl (C=O) groups is 1. The molecule has 0 radical (unpaired) electrons. The molecule has 0 aromatic heterocycles. The Kier molecular flexibility index (Phi) is 8.22. The number of hydrogen-bond acceptors (Lipinski definition) is 2. The summed E-state index contributed by atoms with van der Waals surface area (Å²) in [7, 11) is 1.49. The molecule has 0 saturated carbocycles. The number of unbranched alkanes of at least 4 members (excludes halogenated alkanes) is 2. The van der Waals surface area contributed by atoms with Crippen LogP contribution in [-0.2, 0) is 9.53 Å². The van der Waals surface area contributed by atoms with Gasteiger partial charge in [-0.1, -0.05) is 63.4 Å². The Labute approximate surface area is 136 Å². The van der Waals surface area contributed by atoms with Crippen molar-refractivity contribution in [3.05, 3.63) is 35.9 Å². The van der Waals surface area contributed by atoms with Gasteiger partial charge in [0.2, 0.25) is 0 Å². The van der Waals surface area contributed by atoms with E-state index >= 15 is 0 Å². The lowest BCUT2D eigenvalue weighted by Gasteiger charge is -2.27. The fourth-order valence-corrected chi connectivity index (χ4v) is 3.01. The summed E-state index contributed by atoms with van der Waals surface area (Å²) in [4.78, 5) is 12.1. The first kappa shape index (κ1) is 18.7. The summed E-state index contributed by atoms with van der Waals surface area (Å²) in [5.74, 6) is 0.471. The molecule has 1 aromatic rings. The molecule has 0 aliphatic heterocycles. The highest BCUT2D eigenvalue weighted by Gasteiger charge is 2.32. The molecule has 1 aromatic carbocycles. The predicted molar refractivity (Wildman–Crippen MR) is 93.0 cm³/mol. The van der Waals surface area contributed by atoms with Crippen molar-refractivity contribution in [3.63, 3.8) is 0 Å². The van der Waals surface area contributed by atoms with Crippen LogP contribution in [0, 0.1) is 5.41 Å². The maximum absolute atomic E-state index is 12.1. The van der Waals surface area contributed by atoms with Crippen LogP contribution >= 0.6 is 0 Å². The number of rotatable bonds is 10. The van der Waals surface area contributed by atoms with Crippen molar-refractivity contribution in [1.82, 2.24) is 0 Å². The van der Waals surface area contributed by atoms with Gasteiger partial charge < -0.3 is 4.74 Å². The Morgan fingerprint density at radius 1 is 1.14 bits per heavy atom. The fourth-order valence-electron chi connectivity index (χ4n) is 3.01. The Morgan fingerprint density at radius 3 is 2.36 bits per heavy atom. The molecule has 124 valence electrons. The highest BCUT2D eigenvalue weighted by molar-refractivity contribution is 5.76. The summed E-state index contributed by atoms with van der Waals surface area (Å²) in [6, 6.07) is 10.7. The van der Waals surface area contributed by atoms with Gasteiger partial charge in [0.1, 0.15) is 0 Å². The lowest BCUT2D eigenvalue weighted by Crippen LogP contribution is -2.29. The van der Waals surface area contributed by atoms with Gasteiger partial charge in [-0.3, -0.25) is 4.79 Å². The van der Waals surface area contributed by atoms with Crippen LogP contribution in [0.1, 0.15) is 77.2 Å². The first-order valence-corrected chi connectivity index (χ1v) is 8.70. The molecule has 0 saturated heterocycles. The number of benzene rings is 1. The normalized spacial score (nSPS) is 15.1. The van der Waals surface area contributed by atoms with Crippen molar-refractivity contribution in [1.29, 1.82) is 0 Å². The lowest BCUT2D eigenvalue weighted by atomic mass is 9.78. The zero-order valence-electron chi connectivity index (χ0n) is 14.7. The molecule has 0 spiro atoms. The van der Waals surface area contributed by atoms with Crippen molar-refractivity contribution < 1.29 is 9.53 Å². The van der Waals surface area contributed by atoms with E-state index in [4.69, 9.17) is 4.74 Å². The Morgan fingerprint density at radius 2 is 1.82 bits per heavy atom. The van der Waals surface area contributed by atoms with Crippen LogP contribution in [0.2, 0.25) is 0 Å². The molecule has 2 atom stereocenters. The van der Waals surface area contributed by atoms with Crippen molar-refractivity contribution in [2.45, 2.75) is 71.6 Å². The smallest absolute Gasteiger partial charge is 0.311 e. The summed E-state index contributed by atoms with van der Waals surface area (Å²) >= 11 is 0. The van der Waals surface area contributed by atoms with Crippen LogP contribution in [0.3, 0.4) is 0 Å². The van der Waals surface area contributed by atoms with E-state index in [-0.39, 0.29) is 11.4 Å². The maximum Gasteiger partial charge on any atom is 0.311 e. The van der Waals surface area contributed by atoms with Gasteiger partial charge in [-0.05, 0) is 44.1 Å². The average Bonchev–Trinajstić information content (AvgIpc) is 2.57. The van der Waals surface area contributed by atoms with Gasteiger partial charge in [-0.15, -0.1) is 0 Å². The molecule has 0 aliphatic carbocycles. The minimum atomic E-state index is -0.355. The standard InChI is InChI=1S/C20H32O2/c1-5-7-9-12-18(17-13-10-8-11-14-17)15-16-20(3,6-2)19(21)22-4/h8,10-11,13-14,18H,5-7,9,12,15-16H2,1-4H3. The molecule has 0 bridgehead atoms. The van der Waals surface area contributed by atoms with Crippen LogP contribution in [0.25, 0.3) is 0 Å². The summed E-state index contributed by atoms with van der Waals surface area (Å²) in [6.45, 7) is 6.35. The molecule has 22 heavy (non-hydrogen) atoms. The van der Waals surface area contributed by atoms with E-state index in [0.29, 0.717) is 5.92 Å². The van der Waals surface area contributed by atoms with E-state index in [1.54, 1.807) is 0 Å². The first-order chi connectivity index (χ1) is 10.6. The third kappa shape index (κ3) is 5.47. The number of methoxy groups -OCH3 is 1. The van der Waals surface area contributed by atoms with Crippen molar-refractivity contribution in [3.8, 4) is 0 Å². The van der Waals surface area contributed by atoms with Crippen LogP contribution in [0.15, 0.2) is 30.3 Å². The Hall–Kier alpha value is -1.31. The third-order valence-electron chi connectivity index (χ3n) is 4.93. The quantitative estimate of drug-likeness (QED) is 0.408. The summed E-state index contributed by atoms with van der Waals surface area (Å²) in [6.07, 6.45) is 7.77. The SMILES string of the molecule is CCCCCC(CCC(C)(CC)C(=O)OC)c1ccccc1. The first-order valence-electron chi connectivity index (χ1n) is 8.70. The van der Waals surface area contributed by atoms with E-state index < -0.39 is 0 Å². The number of esters is 1. The highest BCUT2D eigenvalue weighted by Crippen LogP contribution is 2.35. The molecule has 0 fully saturated rings. The van der Waals surface area contributed by atoms with Gasteiger partial charge in [0.05, 0.1) is 12.5 Å². The molecule has 2 heteroatoms. The summed E-state index contributed by atoms with van der Waals surface area (Å²) in [5.41, 5.74) is 1.05. The number of carbonyl (C=O) groups excluding carboxylic acids is 1. The second-order valence-electron chi connectivity index (χ2n) is 6.55. The zero-order valence-corrected chi connectivity index (χ0v) is 14.7. The number of ether oxygens (including phenoxy) is 1. The summed E-state index contributed by atoms with van der Waals surface area (Å²) in [5, 5.41) is 0. The van der Waals surface area contributed by atoms with Crippen molar-refractivity contribution in [2.24, 2.45) is 5.41 Å². The molecule has 2 nitrogen and oxygen atoms in total. The molecule has 1 rings (SSSR count). The second-order valence-corrected chi connectivity index (χ2v) is 6.55.